The van der Waals surface area contributed by atoms with Gasteiger partial charge in [0.1, 0.15) is 6.07 Å². The number of hydrogen-bond acceptors (Lipinski definition) is 6. The van der Waals surface area contributed by atoms with Crippen molar-refractivity contribution in [3.05, 3.63) is 29.8 Å². The molecule has 7 nitrogen and oxygen atoms in total. The highest BCUT2D eigenvalue weighted by Gasteiger charge is 2.21. The summed E-state index contributed by atoms with van der Waals surface area (Å²) in [4.78, 5) is 24.2. The van der Waals surface area contributed by atoms with Crippen LogP contribution in [0.1, 0.15) is 44.6 Å². The normalized spacial score (nSPS) is 15.5. The Morgan fingerprint density at radius 2 is 2.04 bits per heavy atom. The molecule has 0 radical (unpaired) electrons. The molecule has 2 rings (SSSR count). The third kappa shape index (κ3) is 6.62. The van der Waals surface area contributed by atoms with Crippen molar-refractivity contribution in [2.45, 2.75) is 51.2 Å². The lowest BCUT2D eigenvalue weighted by atomic mass is 9.95. The van der Waals surface area contributed by atoms with Crippen LogP contribution in [-0.4, -0.2) is 37.7 Å². The molecule has 0 aromatic heterocycles. The van der Waals surface area contributed by atoms with Crippen LogP contribution >= 0.6 is 0 Å². The molecule has 0 bridgehead atoms. The first-order chi connectivity index (χ1) is 13.5. The molecule has 0 aliphatic heterocycles. The standard InChI is InChI=1S/C21H26N2O5/c1-15(21(25)23-17-6-4-3-5-7-17)28-20(24)11-9-16-8-10-18(27-13-12-22)19(14-16)26-2/h8-11,14-15,17H,3-7,13H2,1-2H3,(H,23,25)/b11-9+. The molecule has 7 heteroatoms. The van der Waals surface area contributed by atoms with Gasteiger partial charge in [-0.2, -0.15) is 5.26 Å². The minimum absolute atomic E-state index is 0.0846. The van der Waals surface area contributed by atoms with Crippen molar-refractivity contribution in [1.29, 1.82) is 5.26 Å². The molecule has 0 saturated heterocycles. The molecule has 28 heavy (non-hydrogen) atoms. The number of amides is 1. The number of ether oxygens (including phenoxy) is 3. The van der Waals surface area contributed by atoms with Gasteiger partial charge in [0.2, 0.25) is 0 Å². The Kier molecular flexibility index (Phi) is 8.35. The van der Waals surface area contributed by atoms with Crippen molar-refractivity contribution in [3.8, 4) is 17.6 Å². The first kappa shape index (κ1) is 21.3. The van der Waals surface area contributed by atoms with Gasteiger partial charge in [-0.3, -0.25) is 4.79 Å². The van der Waals surface area contributed by atoms with E-state index in [0.29, 0.717) is 17.1 Å². The largest absolute Gasteiger partial charge is 0.493 e. The minimum atomic E-state index is -0.852. The predicted molar refractivity (Wildman–Crippen MR) is 104 cm³/mol. The summed E-state index contributed by atoms with van der Waals surface area (Å²) in [6, 6.07) is 7.11. The molecule has 1 unspecified atom stereocenters. The summed E-state index contributed by atoms with van der Waals surface area (Å²) in [7, 11) is 1.49. The molecule has 1 aromatic rings. The van der Waals surface area contributed by atoms with Gasteiger partial charge in [-0.25, -0.2) is 4.79 Å². The summed E-state index contributed by atoms with van der Waals surface area (Å²) >= 11 is 0. The lowest BCUT2D eigenvalue weighted by molar-refractivity contribution is -0.150. The third-order valence-corrected chi connectivity index (χ3v) is 4.51. The Labute approximate surface area is 165 Å². The van der Waals surface area contributed by atoms with Crippen LogP contribution in [0.2, 0.25) is 0 Å². The van der Waals surface area contributed by atoms with Gasteiger partial charge in [0, 0.05) is 12.1 Å². The van der Waals surface area contributed by atoms with Crippen LogP contribution < -0.4 is 14.8 Å². The summed E-state index contributed by atoms with van der Waals surface area (Å²) in [6.45, 7) is 1.48. The number of hydrogen-bond donors (Lipinski definition) is 1. The Hall–Kier alpha value is -3.01. The lowest BCUT2D eigenvalue weighted by Gasteiger charge is -2.24. The number of carbonyl (C=O) groups is 2. The van der Waals surface area contributed by atoms with E-state index in [-0.39, 0.29) is 18.6 Å². The smallest absolute Gasteiger partial charge is 0.331 e. The van der Waals surface area contributed by atoms with Crippen molar-refractivity contribution in [2.75, 3.05) is 13.7 Å². The van der Waals surface area contributed by atoms with Gasteiger partial charge in [0.15, 0.2) is 24.2 Å². The van der Waals surface area contributed by atoms with E-state index in [0.717, 1.165) is 25.7 Å². The number of methoxy groups -OCH3 is 1. The van der Waals surface area contributed by atoms with Crippen LogP contribution in [0.5, 0.6) is 11.5 Å². The van der Waals surface area contributed by atoms with Gasteiger partial charge < -0.3 is 19.5 Å². The highest BCUT2D eigenvalue weighted by atomic mass is 16.5. The molecule has 1 amide bonds. The van der Waals surface area contributed by atoms with E-state index in [9.17, 15) is 9.59 Å². The van der Waals surface area contributed by atoms with Crippen LogP contribution in [0.3, 0.4) is 0 Å². The Morgan fingerprint density at radius 1 is 1.29 bits per heavy atom. The van der Waals surface area contributed by atoms with E-state index in [4.69, 9.17) is 19.5 Å². The van der Waals surface area contributed by atoms with Crippen molar-refractivity contribution in [2.24, 2.45) is 0 Å². The first-order valence-electron chi connectivity index (χ1n) is 9.40. The fraction of sp³-hybridized carbons (Fsp3) is 0.476. The molecule has 1 atom stereocenters. The average Bonchev–Trinajstić information content (AvgIpc) is 2.71. The van der Waals surface area contributed by atoms with Crippen LogP contribution in [0, 0.1) is 11.3 Å². The van der Waals surface area contributed by atoms with Crippen LogP contribution in [0.4, 0.5) is 0 Å². The van der Waals surface area contributed by atoms with E-state index in [1.165, 1.54) is 19.6 Å². The van der Waals surface area contributed by atoms with Crippen molar-refractivity contribution in [3.63, 3.8) is 0 Å². The monoisotopic (exact) mass is 386 g/mol. The van der Waals surface area contributed by atoms with E-state index < -0.39 is 12.1 Å². The van der Waals surface area contributed by atoms with Gasteiger partial charge in [0.25, 0.3) is 5.91 Å². The molecule has 1 aliphatic carbocycles. The van der Waals surface area contributed by atoms with Gasteiger partial charge in [-0.15, -0.1) is 0 Å². The molecular formula is C21H26N2O5. The quantitative estimate of drug-likeness (QED) is 0.545. The van der Waals surface area contributed by atoms with Gasteiger partial charge >= 0.3 is 5.97 Å². The summed E-state index contributed by atoms with van der Waals surface area (Å²) in [5, 5.41) is 11.5. The molecule has 0 heterocycles. The van der Waals surface area contributed by atoms with Gasteiger partial charge in [-0.05, 0) is 43.5 Å². The highest BCUT2D eigenvalue weighted by Crippen LogP contribution is 2.28. The van der Waals surface area contributed by atoms with Crippen LogP contribution in [0.25, 0.3) is 6.08 Å². The number of carbonyl (C=O) groups excluding carboxylic acids is 2. The maximum Gasteiger partial charge on any atom is 0.331 e. The third-order valence-electron chi connectivity index (χ3n) is 4.51. The minimum Gasteiger partial charge on any atom is -0.493 e. The number of esters is 1. The zero-order valence-electron chi connectivity index (χ0n) is 16.3. The zero-order chi connectivity index (χ0) is 20.4. The topological polar surface area (TPSA) is 97.7 Å². The highest BCUT2D eigenvalue weighted by molar-refractivity contribution is 5.90. The summed E-state index contributed by atoms with van der Waals surface area (Å²) in [5.74, 6) is 0.0205. The fourth-order valence-electron chi connectivity index (χ4n) is 3.01. The predicted octanol–water partition coefficient (Wildman–Crippen LogP) is 2.99. The number of nitrogens with one attached hydrogen (secondary N) is 1. The maximum atomic E-state index is 12.2. The van der Waals surface area contributed by atoms with E-state index in [1.54, 1.807) is 31.2 Å². The second kappa shape index (κ2) is 11.0. The van der Waals surface area contributed by atoms with Crippen LogP contribution in [0.15, 0.2) is 24.3 Å². The van der Waals surface area contributed by atoms with Crippen LogP contribution in [-0.2, 0) is 14.3 Å². The van der Waals surface area contributed by atoms with Crippen molar-refractivity contribution in [1.82, 2.24) is 5.32 Å². The van der Waals surface area contributed by atoms with E-state index >= 15 is 0 Å². The second-order valence-electron chi connectivity index (χ2n) is 6.61. The maximum absolute atomic E-state index is 12.2. The summed E-state index contributed by atoms with van der Waals surface area (Å²) in [5.41, 5.74) is 0.692. The second-order valence-corrected chi connectivity index (χ2v) is 6.61. The number of benzene rings is 1. The molecule has 0 spiro atoms. The van der Waals surface area contributed by atoms with Crippen molar-refractivity contribution < 1.29 is 23.8 Å². The number of nitriles is 1. The zero-order valence-corrected chi connectivity index (χ0v) is 16.3. The molecule has 1 aromatic carbocycles. The lowest BCUT2D eigenvalue weighted by Crippen LogP contribution is -2.42. The van der Waals surface area contributed by atoms with Crippen molar-refractivity contribution >= 4 is 18.0 Å². The first-order valence-corrected chi connectivity index (χ1v) is 9.40. The number of nitrogens with zero attached hydrogens (tertiary/aromatic N) is 1. The molecule has 1 saturated carbocycles. The van der Waals surface area contributed by atoms with E-state index in [1.807, 2.05) is 6.07 Å². The van der Waals surface area contributed by atoms with E-state index in [2.05, 4.69) is 5.32 Å². The van der Waals surface area contributed by atoms with Gasteiger partial charge in [0.05, 0.1) is 7.11 Å². The average molecular weight is 386 g/mol. The molecule has 1 fully saturated rings. The Morgan fingerprint density at radius 3 is 2.71 bits per heavy atom. The Balaban J connectivity index is 1.88. The summed E-state index contributed by atoms with van der Waals surface area (Å²) < 4.78 is 15.7. The van der Waals surface area contributed by atoms with Gasteiger partial charge in [-0.1, -0.05) is 25.3 Å². The summed E-state index contributed by atoms with van der Waals surface area (Å²) in [6.07, 6.45) is 7.36. The number of rotatable bonds is 8. The SMILES string of the molecule is COc1cc(/C=C/C(=O)OC(C)C(=O)NC2CCCCC2)ccc1OCC#N. The fourth-order valence-corrected chi connectivity index (χ4v) is 3.01. The molecular weight excluding hydrogens is 360 g/mol. The Bertz CT molecular complexity index is 748. The molecule has 1 aliphatic rings. The molecule has 150 valence electrons. The molecule has 1 N–H and O–H groups in total.